The highest BCUT2D eigenvalue weighted by atomic mass is 16.6. The Hall–Kier alpha value is -0.795. The van der Waals surface area contributed by atoms with Crippen LogP contribution in [0.1, 0.15) is 11.5 Å². The first-order valence-corrected chi connectivity index (χ1v) is 4.06. The molecule has 1 aromatic rings. The Bertz CT molecular complexity index is 232. The predicted octanol–water partition coefficient (Wildman–Crippen LogP) is 1.35. The van der Waals surface area contributed by atoms with E-state index in [1.165, 1.54) is 13.2 Å². The van der Waals surface area contributed by atoms with Gasteiger partial charge in [-0.1, -0.05) is 30.3 Å². The minimum absolute atomic E-state index is 0.385. The summed E-state index contributed by atoms with van der Waals surface area (Å²) in [6.07, 6.45) is 0. The van der Waals surface area contributed by atoms with Gasteiger partial charge in [0.05, 0.1) is 0 Å². The normalized spacial score (nSPS) is 18.7. The van der Waals surface area contributed by atoms with Gasteiger partial charge in [0, 0.05) is 19.1 Å². The molecule has 2 rings (SSSR count). The molecule has 0 amide bonds. The van der Waals surface area contributed by atoms with Crippen LogP contribution in [0.3, 0.4) is 0 Å². The first kappa shape index (κ1) is 7.83. The van der Waals surface area contributed by atoms with Gasteiger partial charge in [0.25, 0.3) is 0 Å². The third-order valence-electron chi connectivity index (χ3n) is 2.00. The Morgan fingerprint density at radius 2 is 1.75 bits per heavy atom. The monoisotopic (exact) mass is 161 g/mol. The number of hydrogen-bond acceptors (Lipinski definition) is 2. The highest BCUT2D eigenvalue weighted by Crippen LogP contribution is 2.18. The molecule has 0 atom stereocenters. The molecule has 0 saturated carbocycles. The van der Waals surface area contributed by atoms with Crippen LogP contribution in [0.4, 0.5) is 0 Å². The molecule has 12 heavy (non-hydrogen) atoms. The van der Waals surface area contributed by atoms with E-state index in [2.05, 4.69) is 12.1 Å². The highest BCUT2D eigenvalue weighted by Gasteiger charge is 2.16. The van der Waals surface area contributed by atoms with E-state index in [4.69, 9.17) is 9.31 Å². The van der Waals surface area contributed by atoms with Crippen molar-refractivity contribution < 1.29 is 9.31 Å². The summed E-state index contributed by atoms with van der Waals surface area (Å²) in [5.41, 5.74) is 1.28. The molecule has 1 aliphatic heterocycles. The fraction of sp³-hybridized carbons (Fsp3) is 0.333. The van der Waals surface area contributed by atoms with E-state index in [1.54, 1.807) is 0 Å². The highest BCUT2D eigenvalue weighted by molar-refractivity contribution is 6.18. The van der Waals surface area contributed by atoms with Gasteiger partial charge in [-0.05, 0) is 5.56 Å². The smallest absolute Gasteiger partial charge is 0.413 e. The van der Waals surface area contributed by atoms with Gasteiger partial charge in [-0.15, -0.1) is 0 Å². The van der Waals surface area contributed by atoms with Crippen LogP contribution in [-0.4, -0.2) is 20.9 Å². The summed E-state index contributed by atoms with van der Waals surface area (Å²) >= 11 is 0. The Labute approximate surface area is 72.8 Å². The maximum atomic E-state index is 5.09. The van der Waals surface area contributed by atoms with Crippen molar-refractivity contribution in [2.75, 3.05) is 13.2 Å². The van der Waals surface area contributed by atoms with Crippen LogP contribution in [0.25, 0.3) is 0 Å². The molecule has 0 aliphatic carbocycles. The fourth-order valence-electron chi connectivity index (χ4n) is 1.32. The standard InChI is InChI=1S/C9H10BO2/c1-2-4-8(5-3-1)9-6-11-10-12-7-9/h1-5,9H,6-7H2. The summed E-state index contributed by atoms with van der Waals surface area (Å²) in [6, 6.07) is 10.3. The third-order valence-corrected chi connectivity index (χ3v) is 2.00. The summed E-state index contributed by atoms with van der Waals surface area (Å²) in [7, 11) is 1.42. The lowest BCUT2D eigenvalue weighted by Crippen LogP contribution is -2.24. The zero-order valence-electron chi connectivity index (χ0n) is 6.77. The van der Waals surface area contributed by atoms with E-state index in [-0.39, 0.29) is 0 Å². The van der Waals surface area contributed by atoms with Crippen LogP contribution in [0.2, 0.25) is 0 Å². The molecule has 0 unspecified atom stereocenters. The molecule has 0 bridgehead atoms. The maximum absolute atomic E-state index is 5.09. The predicted molar refractivity (Wildman–Crippen MR) is 46.8 cm³/mol. The Morgan fingerprint density at radius 3 is 2.42 bits per heavy atom. The van der Waals surface area contributed by atoms with E-state index in [1.807, 2.05) is 18.2 Å². The van der Waals surface area contributed by atoms with Gasteiger partial charge in [-0.2, -0.15) is 0 Å². The van der Waals surface area contributed by atoms with Gasteiger partial charge in [0.2, 0.25) is 0 Å². The lowest BCUT2D eigenvalue weighted by molar-refractivity contribution is 0.133. The van der Waals surface area contributed by atoms with E-state index < -0.39 is 0 Å². The lowest BCUT2D eigenvalue weighted by atomic mass is 9.99. The number of hydrogen-bond donors (Lipinski definition) is 0. The summed E-state index contributed by atoms with van der Waals surface area (Å²) in [5.74, 6) is 0.385. The van der Waals surface area contributed by atoms with Gasteiger partial charge in [0.15, 0.2) is 0 Å². The molecule has 1 saturated heterocycles. The van der Waals surface area contributed by atoms with Crippen molar-refractivity contribution in [2.24, 2.45) is 0 Å². The minimum atomic E-state index is 0.385. The molecular formula is C9H10BO2. The molecule has 0 spiro atoms. The SMILES string of the molecule is [B]1OCC(c2ccccc2)CO1. The molecule has 3 heteroatoms. The topological polar surface area (TPSA) is 18.5 Å². The molecule has 1 aromatic carbocycles. The minimum Gasteiger partial charge on any atom is -0.413 e. The van der Waals surface area contributed by atoms with Gasteiger partial charge in [0.1, 0.15) is 0 Å². The van der Waals surface area contributed by atoms with Crippen LogP contribution in [0.5, 0.6) is 0 Å². The van der Waals surface area contributed by atoms with Crippen molar-refractivity contribution in [1.82, 2.24) is 0 Å². The number of rotatable bonds is 1. The quantitative estimate of drug-likeness (QED) is 0.578. The third kappa shape index (κ3) is 1.68. The molecule has 0 aromatic heterocycles. The molecule has 1 aliphatic rings. The van der Waals surface area contributed by atoms with Gasteiger partial charge >= 0.3 is 7.69 Å². The van der Waals surface area contributed by atoms with Gasteiger partial charge in [-0.3, -0.25) is 0 Å². The Balaban J connectivity index is 2.08. The molecule has 0 N–H and O–H groups in total. The summed E-state index contributed by atoms with van der Waals surface area (Å²) in [6.45, 7) is 1.45. The van der Waals surface area contributed by atoms with Crippen molar-refractivity contribution in [3.63, 3.8) is 0 Å². The van der Waals surface area contributed by atoms with Crippen molar-refractivity contribution in [3.8, 4) is 0 Å². The fourth-order valence-corrected chi connectivity index (χ4v) is 1.32. The van der Waals surface area contributed by atoms with E-state index >= 15 is 0 Å². The maximum Gasteiger partial charge on any atom is 0.488 e. The molecule has 61 valence electrons. The van der Waals surface area contributed by atoms with Crippen molar-refractivity contribution in [3.05, 3.63) is 35.9 Å². The van der Waals surface area contributed by atoms with E-state index in [9.17, 15) is 0 Å². The summed E-state index contributed by atoms with van der Waals surface area (Å²) in [4.78, 5) is 0. The average Bonchev–Trinajstić information content (AvgIpc) is 2.21. The summed E-state index contributed by atoms with van der Waals surface area (Å²) in [5, 5.41) is 0. The zero-order valence-corrected chi connectivity index (χ0v) is 6.77. The lowest BCUT2D eigenvalue weighted by Gasteiger charge is -2.21. The Kier molecular flexibility index (Phi) is 2.44. The van der Waals surface area contributed by atoms with E-state index in [0.717, 1.165) is 13.2 Å². The van der Waals surface area contributed by atoms with Crippen LogP contribution in [-0.2, 0) is 9.31 Å². The van der Waals surface area contributed by atoms with Gasteiger partial charge in [-0.25, -0.2) is 0 Å². The van der Waals surface area contributed by atoms with Crippen molar-refractivity contribution in [1.29, 1.82) is 0 Å². The van der Waals surface area contributed by atoms with Crippen LogP contribution < -0.4 is 0 Å². The average molecular weight is 161 g/mol. The van der Waals surface area contributed by atoms with Crippen LogP contribution in [0.15, 0.2) is 30.3 Å². The molecular weight excluding hydrogens is 151 g/mol. The molecule has 1 radical (unpaired) electrons. The second-order valence-corrected chi connectivity index (χ2v) is 2.87. The van der Waals surface area contributed by atoms with Gasteiger partial charge < -0.3 is 9.31 Å². The van der Waals surface area contributed by atoms with Crippen molar-refractivity contribution in [2.45, 2.75) is 5.92 Å². The first-order chi connectivity index (χ1) is 5.97. The van der Waals surface area contributed by atoms with Crippen LogP contribution in [0, 0.1) is 0 Å². The molecule has 1 heterocycles. The first-order valence-electron chi connectivity index (χ1n) is 4.06. The zero-order chi connectivity index (χ0) is 8.23. The second-order valence-electron chi connectivity index (χ2n) is 2.87. The Morgan fingerprint density at radius 1 is 1.08 bits per heavy atom. The number of benzene rings is 1. The van der Waals surface area contributed by atoms with E-state index in [0.29, 0.717) is 5.92 Å². The molecule has 1 fully saturated rings. The summed E-state index contributed by atoms with van der Waals surface area (Å²) < 4.78 is 10.2. The largest absolute Gasteiger partial charge is 0.488 e. The second kappa shape index (κ2) is 3.74. The van der Waals surface area contributed by atoms with Crippen LogP contribution >= 0.6 is 0 Å². The van der Waals surface area contributed by atoms with Crippen molar-refractivity contribution >= 4 is 7.69 Å². The molecule has 2 nitrogen and oxygen atoms in total.